The first-order chi connectivity index (χ1) is 15.6. The maximum absolute atomic E-state index is 13.2. The van der Waals surface area contributed by atoms with Gasteiger partial charge in [-0.2, -0.15) is 0 Å². The third-order valence-electron chi connectivity index (χ3n) is 5.00. The second kappa shape index (κ2) is 11.6. The summed E-state index contributed by atoms with van der Waals surface area (Å²) in [5, 5.41) is 0. The van der Waals surface area contributed by atoms with E-state index in [9.17, 15) is 4.79 Å². The monoisotopic (exact) mass is 425 g/mol. The average Bonchev–Trinajstić information content (AvgIpc) is 2.81. The van der Waals surface area contributed by atoms with Crippen LogP contribution >= 0.6 is 0 Å². The lowest BCUT2D eigenvalue weighted by molar-refractivity contribution is -0.113. The van der Waals surface area contributed by atoms with Crippen LogP contribution in [-0.2, 0) is 4.79 Å². The van der Waals surface area contributed by atoms with Gasteiger partial charge in [0.05, 0.1) is 0 Å². The Balaban J connectivity index is 1.82. The van der Waals surface area contributed by atoms with Crippen molar-refractivity contribution in [1.29, 1.82) is 0 Å². The molecule has 0 radical (unpaired) electrons. The lowest BCUT2D eigenvalue weighted by Gasteiger charge is -2.29. The minimum absolute atomic E-state index is 0.0812. The van der Waals surface area contributed by atoms with E-state index in [1.165, 1.54) is 0 Å². The van der Waals surface area contributed by atoms with Gasteiger partial charge in [0, 0.05) is 24.2 Å². The van der Waals surface area contributed by atoms with Crippen LogP contribution in [0.25, 0.3) is 12.2 Å². The summed E-state index contributed by atoms with van der Waals surface area (Å²) < 4.78 is 10.8. The molecular weight excluding hydrogens is 398 g/mol. The number of likely N-dealkylation sites (tertiary alicyclic amines) is 1. The van der Waals surface area contributed by atoms with Gasteiger partial charge in [-0.3, -0.25) is 9.69 Å². The maximum Gasteiger partial charge on any atom is 0.187 e. The number of ether oxygens (including phenoxy) is 2. The van der Waals surface area contributed by atoms with Gasteiger partial charge in [0.25, 0.3) is 0 Å². The fourth-order valence-electron chi connectivity index (χ4n) is 3.56. The molecule has 1 aliphatic heterocycles. The number of hydrogen-bond donors (Lipinski definition) is 0. The molecular formula is C28H27NO3. The summed E-state index contributed by atoms with van der Waals surface area (Å²) in [5.41, 5.74) is 3.47. The van der Waals surface area contributed by atoms with Crippen LogP contribution in [0.2, 0.25) is 0 Å². The van der Waals surface area contributed by atoms with Crippen LogP contribution in [0.1, 0.15) is 24.5 Å². The summed E-state index contributed by atoms with van der Waals surface area (Å²) in [4.78, 5) is 15.5. The molecule has 0 N–H and O–H groups in total. The highest BCUT2D eigenvalue weighted by atomic mass is 16.5. The summed E-state index contributed by atoms with van der Waals surface area (Å²) >= 11 is 0. The average molecular weight is 426 g/mol. The lowest BCUT2D eigenvalue weighted by atomic mass is 9.94. The van der Waals surface area contributed by atoms with Gasteiger partial charge in [0.15, 0.2) is 5.78 Å². The second-order valence-corrected chi connectivity index (χ2v) is 7.50. The number of rotatable bonds is 8. The number of terminal acetylenes is 2. The van der Waals surface area contributed by atoms with E-state index in [0.717, 1.165) is 35.2 Å². The zero-order valence-electron chi connectivity index (χ0n) is 18.3. The highest BCUT2D eigenvalue weighted by Crippen LogP contribution is 2.24. The number of ketones is 1. The van der Waals surface area contributed by atoms with E-state index in [2.05, 4.69) is 23.7 Å². The first-order valence-electron chi connectivity index (χ1n) is 10.6. The largest absolute Gasteiger partial charge is 0.481 e. The van der Waals surface area contributed by atoms with Gasteiger partial charge >= 0.3 is 0 Å². The van der Waals surface area contributed by atoms with Crippen LogP contribution in [0.4, 0.5) is 0 Å². The summed E-state index contributed by atoms with van der Waals surface area (Å²) in [6.07, 6.45) is 15.4. The van der Waals surface area contributed by atoms with Crippen LogP contribution in [0, 0.1) is 24.7 Å². The molecule has 0 bridgehead atoms. The molecule has 0 aliphatic carbocycles. The molecule has 0 saturated carbocycles. The van der Waals surface area contributed by atoms with Gasteiger partial charge < -0.3 is 9.47 Å². The second-order valence-electron chi connectivity index (χ2n) is 7.50. The number of carbonyl (C=O) groups is 1. The third kappa shape index (κ3) is 6.38. The van der Waals surface area contributed by atoms with E-state index in [0.29, 0.717) is 24.6 Å². The minimum Gasteiger partial charge on any atom is -0.481 e. The molecule has 0 unspecified atom stereocenters. The molecule has 162 valence electrons. The van der Waals surface area contributed by atoms with Crippen LogP contribution in [0.15, 0.2) is 59.7 Å². The molecule has 4 nitrogen and oxygen atoms in total. The molecule has 32 heavy (non-hydrogen) atoms. The fourth-order valence-corrected chi connectivity index (χ4v) is 3.56. The van der Waals surface area contributed by atoms with E-state index in [1.54, 1.807) is 0 Å². The molecule has 4 heteroatoms. The minimum atomic E-state index is 0.0812. The smallest absolute Gasteiger partial charge is 0.187 e. The molecule has 1 fully saturated rings. The molecule has 1 saturated heterocycles. The number of nitrogens with zero attached hydrogens (tertiary/aromatic N) is 1. The molecule has 1 aliphatic rings. The first kappa shape index (κ1) is 22.9. The van der Waals surface area contributed by atoms with Crippen molar-refractivity contribution in [1.82, 2.24) is 4.90 Å². The Hall–Kier alpha value is -3.73. The van der Waals surface area contributed by atoms with E-state index in [4.69, 9.17) is 22.3 Å². The first-order valence-corrected chi connectivity index (χ1v) is 10.6. The Morgan fingerprint density at radius 2 is 1.28 bits per heavy atom. The predicted octanol–water partition coefficient (Wildman–Crippen LogP) is 4.47. The fraction of sp³-hybridized carbons (Fsp3) is 0.250. The summed E-state index contributed by atoms with van der Waals surface area (Å²) in [7, 11) is 0. The molecule has 1 heterocycles. The van der Waals surface area contributed by atoms with Gasteiger partial charge in [0.1, 0.15) is 24.7 Å². The normalized spacial score (nSPS) is 16.5. The molecule has 0 spiro atoms. The quantitative estimate of drug-likeness (QED) is 0.462. The standard InChI is InChI=1S/C28H27NO3/c1-4-15-29-20-24(18-22-7-11-26(12-8-22)31-16-5-2)28(30)25(21-29)19-23-9-13-27(14-10-23)32-17-6-3/h2-3,7-14,18-19H,4,15-17,20-21H2,1H3/b24-18+,25-19+. The zero-order chi connectivity index (χ0) is 22.8. The summed E-state index contributed by atoms with van der Waals surface area (Å²) in [6.45, 7) is 4.81. The van der Waals surface area contributed by atoms with Crippen molar-refractivity contribution in [2.24, 2.45) is 0 Å². The van der Waals surface area contributed by atoms with Crippen molar-refractivity contribution in [3.05, 3.63) is 70.8 Å². The number of carbonyl (C=O) groups excluding carboxylic acids is 1. The van der Waals surface area contributed by atoms with Crippen molar-refractivity contribution < 1.29 is 14.3 Å². The summed E-state index contributed by atoms with van der Waals surface area (Å²) in [5.74, 6) is 6.40. The zero-order valence-corrected chi connectivity index (χ0v) is 18.3. The van der Waals surface area contributed by atoms with E-state index in [1.807, 2.05) is 60.7 Å². The van der Waals surface area contributed by atoms with Crippen molar-refractivity contribution in [3.8, 4) is 36.2 Å². The highest BCUT2D eigenvalue weighted by molar-refractivity contribution is 6.14. The third-order valence-corrected chi connectivity index (χ3v) is 5.00. The molecule has 2 aromatic rings. The molecule has 3 rings (SSSR count). The van der Waals surface area contributed by atoms with Crippen LogP contribution in [0.3, 0.4) is 0 Å². The summed E-state index contributed by atoms with van der Waals surface area (Å²) in [6, 6.07) is 15.2. The Morgan fingerprint density at radius 1 is 0.844 bits per heavy atom. The van der Waals surface area contributed by atoms with Gasteiger partial charge in [-0.05, 0) is 60.5 Å². The lowest BCUT2D eigenvalue weighted by Crippen LogP contribution is -2.38. The number of hydrogen-bond acceptors (Lipinski definition) is 4. The molecule has 0 atom stereocenters. The Bertz CT molecular complexity index is 980. The maximum atomic E-state index is 13.2. The van der Waals surface area contributed by atoms with Gasteiger partial charge in [-0.25, -0.2) is 0 Å². The number of Topliss-reactive ketones (excluding diaryl/α,β-unsaturated/α-hetero) is 1. The Morgan fingerprint density at radius 3 is 1.66 bits per heavy atom. The van der Waals surface area contributed by atoms with Gasteiger partial charge in [0.2, 0.25) is 0 Å². The van der Waals surface area contributed by atoms with E-state index in [-0.39, 0.29) is 19.0 Å². The van der Waals surface area contributed by atoms with Crippen molar-refractivity contribution in [3.63, 3.8) is 0 Å². The van der Waals surface area contributed by atoms with Crippen molar-refractivity contribution >= 4 is 17.9 Å². The molecule has 2 aromatic carbocycles. The van der Waals surface area contributed by atoms with Gasteiger partial charge in [-0.15, -0.1) is 12.8 Å². The van der Waals surface area contributed by atoms with E-state index >= 15 is 0 Å². The van der Waals surface area contributed by atoms with Crippen molar-refractivity contribution in [2.45, 2.75) is 13.3 Å². The van der Waals surface area contributed by atoms with Crippen LogP contribution in [0.5, 0.6) is 11.5 Å². The SMILES string of the molecule is C#CCOc1ccc(/C=C2\CN(CCC)C/C(=C\c3ccc(OCC#C)cc3)C2=O)cc1. The Labute approximate surface area is 190 Å². The topological polar surface area (TPSA) is 38.8 Å². The molecule has 0 amide bonds. The van der Waals surface area contributed by atoms with E-state index < -0.39 is 0 Å². The molecule has 0 aromatic heterocycles. The number of benzene rings is 2. The predicted molar refractivity (Wildman–Crippen MR) is 129 cm³/mol. The number of piperidine rings is 1. The van der Waals surface area contributed by atoms with Crippen LogP contribution in [-0.4, -0.2) is 43.5 Å². The Kier molecular flexibility index (Phi) is 8.32. The van der Waals surface area contributed by atoms with Crippen LogP contribution < -0.4 is 9.47 Å². The highest BCUT2D eigenvalue weighted by Gasteiger charge is 2.25. The van der Waals surface area contributed by atoms with Crippen molar-refractivity contribution in [2.75, 3.05) is 32.8 Å². The van der Waals surface area contributed by atoms with Gasteiger partial charge in [-0.1, -0.05) is 43.0 Å².